The molecule has 1 fully saturated rings. The van der Waals surface area contributed by atoms with Crippen LogP contribution >= 0.6 is 0 Å². The second kappa shape index (κ2) is 6.32. The molecule has 6 nitrogen and oxygen atoms in total. The van der Waals surface area contributed by atoms with Gasteiger partial charge in [0.05, 0.1) is 11.8 Å². The van der Waals surface area contributed by atoms with Crippen LogP contribution in [0.1, 0.15) is 17.5 Å². The summed E-state index contributed by atoms with van der Waals surface area (Å²) in [6.07, 6.45) is 0.372. The number of anilines is 1. The Bertz CT molecular complexity index is 530. The zero-order valence-electron chi connectivity index (χ0n) is 12.8. The molecule has 2 unspecified atom stereocenters. The van der Waals surface area contributed by atoms with Crippen LogP contribution in [0.2, 0.25) is 0 Å². The summed E-state index contributed by atoms with van der Waals surface area (Å²) < 4.78 is 0. The van der Waals surface area contributed by atoms with Gasteiger partial charge >= 0.3 is 0 Å². The van der Waals surface area contributed by atoms with Gasteiger partial charge in [-0.3, -0.25) is 0 Å². The van der Waals surface area contributed by atoms with E-state index in [0.717, 1.165) is 24.2 Å². The molecule has 4 N–H and O–H groups in total. The summed E-state index contributed by atoms with van der Waals surface area (Å²) in [5, 5.41) is 22.2. The fraction of sp³-hybridized carbons (Fsp3) is 0.533. The Kier molecular flexibility index (Phi) is 4.69. The fourth-order valence-corrected chi connectivity index (χ4v) is 3.06. The van der Waals surface area contributed by atoms with Gasteiger partial charge in [0.15, 0.2) is 5.84 Å². The first-order chi connectivity index (χ1) is 9.93. The van der Waals surface area contributed by atoms with Crippen LogP contribution in [-0.2, 0) is 0 Å². The normalized spacial score (nSPS) is 23.1. The maximum Gasteiger partial charge on any atom is 0.172 e. The van der Waals surface area contributed by atoms with Gasteiger partial charge in [-0.2, -0.15) is 0 Å². The first-order valence-corrected chi connectivity index (χ1v) is 7.11. The molecular formula is C15H24N4O2. The van der Waals surface area contributed by atoms with Gasteiger partial charge in [0.25, 0.3) is 0 Å². The molecular weight excluding hydrogens is 268 g/mol. The number of hydrogen-bond acceptors (Lipinski definition) is 5. The third kappa shape index (κ3) is 3.28. The van der Waals surface area contributed by atoms with Gasteiger partial charge in [0.2, 0.25) is 0 Å². The summed E-state index contributed by atoms with van der Waals surface area (Å²) >= 11 is 0. The van der Waals surface area contributed by atoms with E-state index in [2.05, 4.69) is 15.0 Å². The molecule has 0 aromatic heterocycles. The molecule has 1 saturated heterocycles. The minimum atomic E-state index is -0.352. The Balaban J connectivity index is 2.44. The molecule has 21 heavy (non-hydrogen) atoms. The van der Waals surface area contributed by atoms with Gasteiger partial charge in [-0.25, -0.2) is 0 Å². The predicted octanol–water partition coefficient (Wildman–Crippen LogP) is 0.591. The smallest absolute Gasteiger partial charge is 0.172 e. The van der Waals surface area contributed by atoms with Crippen LogP contribution in [0.3, 0.4) is 0 Å². The number of oxime groups is 1. The van der Waals surface area contributed by atoms with E-state index >= 15 is 0 Å². The first kappa shape index (κ1) is 15.6. The van der Waals surface area contributed by atoms with Crippen LogP contribution < -0.4 is 10.6 Å². The summed E-state index contributed by atoms with van der Waals surface area (Å²) in [5.41, 5.74) is 8.51. The summed E-state index contributed by atoms with van der Waals surface area (Å²) in [6, 6.07) is 5.94. The number of aliphatic hydroxyl groups excluding tert-OH is 1. The van der Waals surface area contributed by atoms with Crippen molar-refractivity contribution in [1.82, 2.24) is 4.90 Å². The van der Waals surface area contributed by atoms with Crippen molar-refractivity contribution < 1.29 is 10.3 Å². The highest BCUT2D eigenvalue weighted by Crippen LogP contribution is 2.32. The van der Waals surface area contributed by atoms with E-state index in [9.17, 15) is 5.11 Å². The number of amidine groups is 1. The topological polar surface area (TPSA) is 85.3 Å². The van der Waals surface area contributed by atoms with Crippen molar-refractivity contribution in [1.29, 1.82) is 0 Å². The number of nitrogens with two attached hydrogens (primary N) is 1. The Hall–Kier alpha value is -1.79. The van der Waals surface area contributed by atoms with Crippen molar-refractivity contribution in [2.24, 2.45) is 10.9 Å². The molecule has 1 aromatic rings. The predicted molar refractivity (Wildman–Crippen MR) is 84.0 cm³/mol. The zero-order chi connectivity index (χ0) is 15.6. The molecule has 2 atom stereocenters. The van der Waals surface area contributed by atoms with Gasteiger partial charge in [0.1, 0.15) is 0 Å². The highest BCUT2D eigenvalue weighted by atomic mass is 16.4. The molecule has 0 radical (unpaired) electrons. The third-order valence-corrected chi connectivity index (χ3v) is 3.88. The zero-order valence-corrected chi connectivity index (χ0v) is 12.8. The maximum absolute atomic E-state index is 10.1. The summed E-state index contributed by atoms with van der Waals surface area (Å²) in [4.78, 5) is 4.28. The van der Waals surface area contributed by atoms with E-state index in [4.69, 9.17) is 10.9 Å². The van der Waals surface area contributed by atoms with Crippen LogP contribution in [-0.4, -0.2) is 60.4 Å². The SMILES string of the molecule is Cc1cccc(/C(N)=N/O)c1N1CC(O)CC1CN(C)C. The van der Waals surface area contributed by atoms with E-state index in [1.54, 1.807) is 0 Å². The minimum Gasteiger partial charge on any atom is -0.409 e. The van der Waals surface area contributed by atoms with Crippen LogP contribution in [0, 0.1) is 6.92 Å². The molecule has 0 bridgehead atoms. The van der Waals surface area contributed by atoms with Crippen molar-refractivity contribution in [3.63, 3.8) is 0 Å². The highest BCUT2D eigenvalue weighted by Gasteiger charge is 2.33. The van der Waals surface area contributed by atoms with Gasteiger partial charge in [-0.15, -0.1) is 0 Å². The van der Waals surface area contributed by atoms with Crippen LogP contribution in [0.25, 0.3) is 0 Å². The third-order valence-electron chi connectivity index (χ3n) is 3.88. The van der Waals surface area contributed by atoms with E-state index in [-0.39, 0.29) is 18.0 Å². The lowest BCUT2D eigenvalue weighted by Crippen LogP contribution is -2.39. The molecule has 2 rings (SSSR count). The van der Waals surface area contributed by atoms with Crippen molar-refractivity contribution in [2.45, 2.75) is 25.5 Å². The summed E-state index contributed by atoms with van der Waals surface area (Å²) in [5.74, 6) is 0.0960. The second-order valence-electron chi connectivity index (χ2n) is 5.91. The number of hydrogen-bond donors (Lipinski definition) is 3. The molecule has 0 saturated carbocycles. The van der Waals surface area contributed by atoms with Gasteiger partial charge in [-0.05, 0) is 39.1 Å². The first-order valence-electron chi connectivity index (χ1n) is 7.11. The Labute approximate surface area is 125 Å². The van der Waals surface area contributed by atoms with E-state index in [1.807, 2.05) is 39.2 Å². The standard InChI is InChI=1S/C15H24N4O2/c1-10-5-4-6-13(15(16)17-21)14(10)19-9-12(20)7-11(19)8-18(2)3/h4-6,11-12,20-21H,7-9H2,1-3H3,(H2,16,17). The lowest BCUT2D eigenvalue weighted by Gasteiger charge is -2.31. The number of benzene rings is 1. The summed E-state index contributed by atoms with van der Waals surface area (Å²) in [6.45, 7) is 3.41. The molecule has 0 amide bonds. The number of likely N-dealkylation sites (N-methyl/N-ethyl adjacent to an activating group) is 1. The van der Waals surface area contributed by atoms with E-state index < -0.39 is 0 Å². The van der Waals surface area contributed by atoms with Crippen LogP contribution in [0.4, 0.5) is 5.69 Å². The largest absolute Gasteiger partial charge is 0.409 e. The average Bonchev–Trinajstić information content (AvgIpc) is 2.77. The van der Waals surface area contributed by atoms with Crippen molar-refractivity contribution in [2.75, 3.05) is 32.1 Å². The maximum atomic E-state index is 10.1. The number of aliphatic hydroxyl groups is 1. The molecule has 0 aliphatic carbocycles. The van der Waals surface area contributed by atoms with E-state index in [1.165, 1.54) is 0 Å². The Morgan fingerprint density at radius 2 is 2.19 bits per heavy atom. The average molecular weight is 292 g/mol. The van der Waals surface area contributed by atoms with Crippen molar-refractivity contribution >= 4 is 11.5 Å². The van der Waals surface area contributed by atoms with Crippen molar-refractivity contribution in [3.05, 3.63) is 29.3 Å². The van der Waals surface area contributed by atoms with Gasteiger partial charge in [0, 0.05) is 24.7 Å². The molecule has 1 aliphatic heterocycles. The second-order valence-corrected chi connectivity index (χ2v) is 5.91. The molecule has 1 heterocycles. The number of rotatable bonds is 4. The quantitative estimate of drug-likeness (QED) is 0.327. The lowest BCUT2D eigenvalue weighted by molar-refractivity contribution is 0.191. The van der Waals surface area contributed by atoms with Crippen molar-refractivity contribution in [3.8, 4) is 0 Å². The number of β-amino-alcohol motifs (C(OH)–C–C–N with tert-alkyl or cyclic N) is 1. The van der Waals surface area contributed by atoms with Gasteiger partial charge < -0.3 is 25.8 Å². The molecule has 1 aliphatic rings. The molecule has 6 heteroatoms. The molecule has 116 valence electrons. The van der Waals surface area contributed by atoms with Crippen LogP contribution in [0.5, 0.6) is 0 Å². The molecule has 1 aromatic carbocycles. The van der Waals surface area contributed by atoms with Gasteiger partial charge in [-0.1, -0.05) is 17.3 Å². The lowest BCUT2D eigenvalue weighted by atomic mass is 10.0. The highest BCUT2D eigenvalue weighted by molar-refractivity contribution is 6.03. The van der Waals surface area contributed by atoms with E-state index in [0.29, 0.717) is 12.1 Å². The Morgan fingerprint density at radius 1 is 1.48 bits per heavy atom. The fourth-order valence-electron chi connectivity index (χ4n) is 3.06. The summed E-state index contributed by atoms with van der Waals surface area (Å²) in [7, 11) is 4.04. The number of aryl methyl sites for hydroxylation is 1. The number of para-hydroxylation sites is 1. The Morgan fingerprint density at radius 3 is 2.81 bits per heavy atom. The molecule has 0 spiro atoms. The number of nitrogens with zero attached hydrogens (tertiary/aromatic N) is 3. The monoisotopic (exact) mass is 292 g/mol. The van der Waals surface area contributed by atoms with Crippen LogP contribution in [0.15, 0.2) is 23.4 Å². The minimum absolute atomic E-state index is 0.0960.